The van der Waals surface area contributed by atoms with Crippen LogP contribution in [0.25, 0.3) is 0 Å². The third kappa shape index (κ3) is 3.08. The minimum atomic E-state index is -3.56. The van der Waals surface area contributed by atoms with Gasteiger partial charge in [-0.3, -0.25) is 4.21 Å². The zero-order valence-electron chi connectivity index (χ0n) is 9.88. The van der Waals surface area contributed by atoms with Crippen molar-refractivity contribution >= 4 is 37.3 Å². The summed E-state index contributed by atoms with van der Waals surface area (Å²) in [6.45, 7) is 1.62. The molecule has 1 aromatic heterocycles. The van der Waals surface area contributed by atoms with Crippen LogP contribution in [0.4, 0.5) is 5.13 Å². The van der Waals surface area contributed by atoms with E-state index in [-0.39, 0.29) is 15.4 Å². The molecule has 1 saturated heterocycles. The Labute approximate surface area is 113 Å². The lowest BCUT2D eigenvalue weighted by atomic mass is 10.2. The highest BCUT2D eigenvalue weighted by Gasteiger charge is 2.27. The van der Waals surface area contributed by atoms with Crippen LogP contribution in [0.3, 0.4) is 0 Å². The first-order valence-corrected chi connectivity index (χ1v) is 9.27. The van der Waals surface area contributed by atoms with Crippen molar-refractivity contribution in [1.82, 2.24) is 9.71 Å². The fourth-order valence-electron chi connectivity index (χ4n) is 1.84. The smallest absolute Gasteiger partial charge is 0.252 e. The summed E-state index contributed by atoms with van der Waals surface area (Å²) < 4.78 is 38.3. The van der Waals surface area contributed by atoms with Crippen LogP contribution in [0, 0.1) is 6.92 Å². The molecule has 2 heterocycles. The average molecular weight is 309 g/mol. The molecule has 1 aromatic rings. The second-order valence-corrected chi connectivity index (χ2v) is 8.80. The Morgan fingerprint density at radius 3 is 2.56 bits per heavy atom. The van der Waals surface area contributed by atoms with E-state index >= 15 is 0 Å². The SMILES string of the molecule is Cc1nc(N)sc1S(=O)(=O)NC1CCS(=O)CC1. The summed E-state index contributed by atoms with van der Waals surface area (Å²) in [4.78, 5) is 3.91. The molecule has 0 saturated carbocycles. The quantitative estimate of drug-likeness (QED) is 0.832. The fraction of sp³-hybridized carbons (Fsp3) is 0.667. The molecule has 3 N–H and O–H groups in total. The molecule has 0 spiro atoms. The molecule has 0 radical (unpaired) electrons. The molecule has 1 aliphatic heterocycles. The number of sulfonamides is 1. The van der Waals surface area contributed by atoms with Gasteiger partial charge in [0.25, 0.3) is 10.0 Å². The Morgan fingerprint density at radius 2 is 2.06 bits per heavy atom. The van der Waals surface area contributed by atoms with Crippen molar-refractivity contribution in [1.29, 1.82) is 0 Å². The number of rotatable bonds is 3. The maximum Gasteiger partial charge on any atom is 0.252 e. The number of hydrogen-bond donors (Lipinski definition) is 2. The second-order valence-electron chi connectivity index (χ2n) is 4.17. The van der Waals surface area contributed by atoms with Crippen LogP contribution >= 0.6 is 11.3 Å². The standard InChI is InChI=1S/C9H15N3O3S3/c1-6-8(16-9(10)11-6)18(14,15)12-7-2-4-17(13)5-3-7/h7,12H,2-5H2,1H3,(H2,10,11). The summed E-state index contributed by atoms with van der Waals surface area (Å²) in [7, 11) is -4.36. The lowest BCUT2D eigenvalue weighted by Crippen LogP contribution is -2.39. The minimum Gasteiger partial charge on any atom is -0.375 e. The van der Waals surface area contributed by atoms with E-state index in [0.29, 0.717) is 30.0 Å². The minimum absolute atomic E-state index is 0.143. The van der Waals surface area contributed by atoms with Gasteiger partial charge in [0, 0.05) is 28.3 Å². The normalized spacial score (nSPS) is 25.2. The van der Waals surface area contributed by atoms with Gasteiger partial charge in [-0.05, 0) is 19.8 Å². The van der Waals surface area contributed by atoms with Gasteiger partial charge in [-0.15, -0.1) is 0 Å². The topological polar surface area (TPSA) is 102 Å². The molecule has 9 heteroatoms. The zero-order chi connectivity index (χ0) is 13.3. The van der Waals surface area contributed by atoms with Gasteiger partial charge in [-0.1, -0.05) is 11.3 Å². The Balaban J connectivity index is 2.12. The number of nitrogens with two attached hydrogens (primary N) is 1. The Kier molecular flexibility index (Phi) is 4.05. The van der Waals surface area contributed by atoms with E-state index in [1.54, 1.807) is 6.92 Å². The molecule has 0 aromatic carbocycles. The van der Waals surface area contributed by atoms with Crippen LogP contribution in [0.15, 0.2) is 4.21 Å². The van der Waals surface area contributed by atoms with Crippen LogP contribution in [0.1, 0.15) is 18.5 Å². The van der Waals surface area contributed by atoms with Crippen molar-refractivity contribution in [3.63, 3.8) is 0 Å². The van der Waals surface area contributed by atoms with Gasteiger partial charge in [-0.25, -0.2) is 18.1 Å². The largest absolute Gasteiger partial charge is 0.375 e. The summed E-state index contributed by atoms with van der Waals surface area (Å²) in [5, 5.41) is 0.248. The third-order valence-electron chi connectivity index (χ3n) is 2.72. The van der Waals surface area contributed by atoms with Gasteiger partial charge in [0.05, 0.1) is 5.69 Å². The number of nitrogen functional groups attached to an aromatic ring is 1. The molecular formula is C9H15N3O3S3. The number of nitrogens with zero attached hydrogens (tertiary/aromatic N) is 1. The Morgan fingerprint density at radius 1 is 1.44 bits per heavy atom. The van der Waals surface area contributed by atoms with Gasteiger partial charge in [0.2, 0.25) is 0 Å². The van der Waals surface area contributed by atoms with Crippen molar-refractivity contribution < 1.29 is 12.6 Å². The summed E-state index contributed by atoms with van der Waals surface area (Å²) in [5.74, 6) is 1.11. The predicted octanol–water partition coefficient (Wildman–Crippen LogP) is 0.223. The molecule has 2 rings (SSSR count). The van der Waals surface area contributed by atoms with Gasteiger partial charge < -0.3 is 5.73 Å². The summed E-state index contributed by atoms with van der Waals surface area (Å²) in [5.41, 5.74) is 5.92. The molecule has 0 unspecified atom stereocenters. The van der Waals surface area contributed by atoms with Crippen molar-refractivity contribution in [3.05, 3.63) is 5.69 Å². The molecule has 0 amide bonds. The number of hydrogen-bond acceptors (Lipinski definition) is 6. The van der Waals surface area contributed by atoms with E-state index in [1.807, 2.05) is 0 Å². The van der Waals surface area contributed by atoms with Gasteiger partial charge in [-0.2, -0.15) is 0 Å². The molecular weight excluding hydrogens is 294 g/mol. The molecule has 0 aliphatic carbocycles. The van der Waals surface area contributed by atoms with E-state index < -0.39 is 20.8 Å². The molecule has 0 atom stereocenters. The molecule has 1 fully saturated rings. The maximum absolute atomic E-state index is 12.1. The van der Waals surface area contributed by atoms with Gasteiger partial charge in [0.1, 0.15) is 0 Å². The van der Waals surface area contributed by atoms with E-state index in [9.17, 15) is 12.6 Å². The van der Waals surface area contributed by atoms with E-state index in [2.05, 4.69) is 9.71 Å². The van der Waals surface area contributed by atoms with E-state index in [4.69, 9.17) is 5.73 Å². The van der Waals surface area contributed by atoms with Crippen LogP contribution < -0.4 is 10.5 Å². The Bertz CT molecular complexity index is 557. The predicted molar refractivity (Wildman–Crippen MR) is 72.5 cm³/mol. The highest BCUT2D eigenvalue weighted by atomic mass is 32.2. The average Bonchev–Trinajstić information content (AvgIpc) is 2.62. The van der Waals surface area contributed by atoms with Crippen molar-refractivity contribution in [2.75, 3.05) is 17.2 Å². The van der Waals surface area contributed by atoms with Crippen LogP contribution in [0.2, 0.25) is 0 Å². The van der Waals surface area contributed by atoms with E-state index in [0.717, 1.165) is 11.3 Å². The number of aryl methyl sites for hydroxylation is 1. The molecule has 0 bridgehead atoms. The van der Waals surface area contributed by atoms with Crippen molar-refractivity contribution in [3.8, 4) is 0 Å². The first kappa shape index (κ1) is 13.9. The van der Waals surface area contributed by atoms with Crippen molar-refractivity contribution in [2.24, 2.45) is 0 Å². The highest BCUT2D eigenvalue weighted by Crippen LogP contribution is 2.25. The number of aromatic nitrogens is 1. The monoisotopic (exact) mass is 309 g/mol. The fourth-order valence-corrected chi connectivity index (χ4v) is 5.76. The Hall–Kier alpha value is -0.510. The molecule has 6 nitrogen and oxygen atoms in total. The summed E-state index contributed by atoms with van der Waals surface area (Å²) in [6, 6.07) is -0.143. The molecule has 1 aliphatic rings. The van der Waals surface area contributed by atoms with Crippen LogP contribution in [-0.2, 0) is 20.8 Å². The number of nitrogens with one attached hydrogen (secondary N) is 1. The number of thiazole rings is 1. The lowest BCUT2D eigenvalue weighted by molar-refractivity contribution is 0.522. The maximum atomic E-state index is 12.1. The highest BCUT2D eigenvalue weighted by molar-refractivity contribution is 7.91. The molecule has 102 valence electrons. The van der Waals surface area contributed by atoms with Gasteiger partial charge in [0.15, 0.2) is 9.34 Å². The third-order valence-corrected chi connectivity index (χ3v) is 7.22. The first-order valence-electron chi connectivity index (χ1n) is 5.48. The van der Waals surface area contributed by atoms with Crippen LogP contribution in [0.5, 0.6) is 0 Å². The molecule has 18 heavy (non-hydrogen) atoms. The summed E-state index contributed by atoms with van der Waals surface area (Å²) in [6.07, 6.45) is 1.22. The van der Waals surface area contributed by atoms with Gasteiger partial charge >= 0.3 is 0 Å². The first-order chi connectivity index (χ1) is 8.38. The van der Waals surface area contributed by atoms with Crippen LogP contribution in [-0.4, -0.2) is 35.2 Å². The van der Waals surface area contributed by atoms with Crippen molar-refractivity contribution in [2.45, 2.75) is 30.0 Å². The summed E-state index contributed by atoms with van der Waals surface area (Å²) >= 11 is 0.967. The second kappa shape index (κ2) is 5.24. The lowest BCUT2D eigenvalue weighted by Gasteiger charge is -2.21. The van der Waals surface area contributed by atoms with E-state index in [1.165, 1.54) is 0 Å². The zero-order valence-corrected chi connectivity index (χ0v) is 12.3. The number of anilines is 1.